The fourth-order valence-corrected chi connectivity index (χ4v) is 4.45. The van der Waals surface area contributed by atoms with Crippen molar-refractivity contribution in [1.29, 1.82) is 0 Å². The number of rotatable bonds is 5. The fraction of sp³-hybridized carbons (Fsp3) is 0.229. The van der Waals surface area contributed by atoms with Gasteiger partial charge in [0, 0.05) is 44.6 Å². The van der Waals surface area contributed by atoms with Gasteiger partial charge in [-0.25, -0.2) is 9.97 Å². The van der Waals surface area contributed by atoms with Crippen molar-refractivity contribution >= 4 is 0 Å². The Morgan fingerprint density at radius 1 is 0.732 bits per heavy atom. The van der Waals surface area contributed by atoms with E-state index in [1.165, 1.54) is 0 Å². The third-order valence-corrected chi connectivity index (χ3v) is 6.72. The Morgan fingerprint density at radius 2 is 1.44 bits per heavy atom. The number of ether oxygens (including phenoxy) is 1. The molecular weight excluding hydrogens is 689 g/mol. The van der Waals surface area contributed by atoms with E-state index >= 15 is 0 Å². The van der Waals surface area contributed by atoms with Crippen LogP contribution in [0.3, 0.4) is 0 Å². The van der Waals surface area contributed by atoms with Crippen LogP contribution >= 0.6 is 0 Å². The maximum absolute atomic E-state index is 11.6. The number of benzene rings is 3. The summed E-state index contributed by atoms with van der Waals surface area (Å²) in [5.41, 5.74) is 5.30. The molecule has 5 rings (SSSR count). The maximum Gasteiger partial charge on any atom is 0.217 e. The van der Waals surface area contributed by atoms with Crippen LogP contribution in [0.15, 0.2) is 91.1 Å². The predicted molar refractivity (Wildman–Crippen MR) is 161 cm³/mol. The molecule has 0 saturated heterocycles. The summed E-state index contributed by atoms with van der Waals surface area (Å²) in [6, 6.07) is 30.6. The Hall–Kier alpha value is -3.82. The standard InChI is InChI=1S/C35H34N3O2.Pt/c1-34(2,3)25-20-27(32(39)28(21-25)35(4,5)6)33-37-29(23-13-8-7-9-14-23)22-30(38-33)24-15-12-16-26(19-24)40-31-17-10-11-18-36-31;/h7-18,20-22,39H,1-6H3;/q-1;. The van der Waals surface area contributed by atoms with E-state index < -0.39 is 0 Å². The van der Waals surface area contributed by atoms with Crippen molar-refractivity contribution < 1.29 is 30.9 Å². The summed E-state index contributed by atoms with van der Waals surface area (Å²) < 4.78 is 5.95. The summed E-state index contributed by atoms with van der Waals surface area (Å²) >= 11 is 0. The van der Waals surface area contributed by atoms with Crippen LogP contribution in [0.2, 0.25) is 0 Å². The molecule has 2 aromatic heterocycles. The molecule has 3 aromatic carbocycles. The number of aromatic nitrogens is 3. The SMILES string of the molecule is CC(C)(C)c1cc(-c2nc(-c3[c-]c(Oc4ccccn4)ccc3)cc(-c3ccccc3)n2)c(O)c(C(C)(C)C)c1.[Pt]. The van der Waals surface area contributed by atoms with Crippen LogP contribution in [0.5, 0.6) is 17.4 Å². The van der Waals surface area contributed by atoms with Crippen molar-refractivity contribution in [1.82, 2.24) is 15.0 Å². The monoisotopic (exact) mass is 723 g/mol. The molecule has 2 heterocycles. The van der Waals surface area contributed by atoms with E-state index in [0.29, 0.717) is 28.7 Å². The molecule has 0 aliphatic carbocycles. The predicted octanol–water partition coefficient (Wildman–Crippen LogP) is 8.76. The first-order chi connectivity index (χ1) is 19.0. The summed E-state index contributed by atoms with van der Waals surface area (Å²) in [6.45, 7) is 12.8. The average molecular weight is 724 g/mol. The molecule has 6 heteroatoms. The second-order valence-corrected chi connectivity index (χ2v) is 11.9. The number of phenolic OH excluding ortho intramolecular Hbond substituents is 1. The second kappa shape index (κ2) is 12.0. The number of hydrogen-bond donors (Lipinski definition) is 1. The third kappa shape index (κ3) is 6.91. The largest absolute Gasteiger partial charge is 0.507 e. The topological polar surface area (TPSA) is 68.1 Å². The smallest absolute Gasteiger partial charge is 0.217 e. The first-order valence-corrected chi connectivity index (χ1v) is 13.4. The van der Waals surface area contributed by atoms with E-state index in [4.69, 9.17) is 14.7 Å². The van der Waals surface area contributed by atoms with Gasteiger partial charge in [-0.05, 0) is 39.8 Å². The van der Waals surface area contributed by atoms with Gasteiger partial charge in [-0.15, -0.1) is 23.8 Å². The van der Waals surface area contributed by atoms with Crippen molar-refractivity contribution in [3.8, 4) is 51.3 Å². The van der Waals surface area contributed by atoms with Crippen molar-refractivity contribution in [3.05, 3.63) is 108 Å². The molecule has 0 radical (unpaired) electrons. The molecule has 0 aliphatic rings. The molecule has 0 spiro atoms. The zero-order valence-electron chi connectivity index (χ0n) is 24.2. The Labute approximate surface area is 257 Å². The number of pyridine rings is 1. The van der Waals surface area contributed by atoms with Gasteiger partial charge in [-0.2, -0.15) is 0 Å². The quantitative estimate of drug-likeness (QED) is 0.184. The molecule has 0 fully saturated rings. The van der Waals surface area contributed by atoms with Gasteiger partial charge in [0.05, 0.1) is 11.3 Å². The van der Waals surface area contributed by atoms with Crippen LogP contribution < -0.4 is 4.74 Å². The van der Waals surface area contributed by atoms with Gasteiger partial charge < -0.3 is 9.84 Å². The van der Waals surface area contributed by atoms with Crippen molar-refractivity contribution in [2.24, 2.45) is 0 Å². The number of phenols is 1. The van der Waals surface area contributed by atoms with E-state index in [9.17, 15) is 5.11 Å². The van der Waals surface area contributed by atoms with Crippen LogP contribution in [0.25, 0.3) is 33.9 Å². The van der Waals surface area contributed by atoms with Gasteiger partial charge in [0.25, 0.3) is 0 Å². The Kier molecular flexibility index (Phi) is 8.79. The summed E-state index contributed by atoms with van der Waals surface area (Å²) in [4.78, 5) is 14.2. The molecule has 5 nitrogen and oxygen atoms in total. The number of hydrogen-bond acceptors (Lipinski definition) is 5. The van der Waals surface area contributed by atoms with Gasteiger partial charge >= 0.3 is 0 Å². The minimum atomic E-state index is -0.273. The summed E-state index contributed by atoms with van der Waals surface area (Å²) in [5, 5.41) is 11.6. The van der Waals surface area contributed by atoms with Crippen LogP contribution in [-0.4, -0.2) is 20.1 Å². The molecule has 1 N–H and O–H groups in total. The van der Waals surface area contributed by atoms with E-state index in [2.05, 4.69) is 58.7 Å². The van der Waals surface area contributed by atoms with Crippen molar-refractivity contribution in [2.75, 3.05) is 0 Å². The zero-order valence-corrected chi connectivity index (χ0v) is 26.4. The van der Waals surface area contributed by atoms with Gasteiger partial charge in [0.1, 0.15) is 5.75 Å². The molecule has 41 heavy (non-hydrogen) atoms. The van der Waals surface area contributed by atoms with E-state index in [1.54, 1.807) is 12.3 Å². The average Bonchev–Trinajstić information content (AvgIpc) is 2.93. The number of nitrogens with zero attached hydrogens (tertiary/aromatic N) is 3. The maximum atomic E-state index is 11.6. The van der Waals surface area contributed by atoms with Crippen LogP contribution in [0, 0.1) is 6.07 Å². The molecule has 0 atom stereocenters. The van der Waals surface area contributed by atoms with Crippen molar-refractivity contribution in [2.45, 2.75) is 52.4 Å². The first kappa shape index (κ1) is 30.1. The minimum Gasteiger partial charge on any atom is -0.507 e. The third-order valence-electron chi connectivity index (χ3n) is 6.72. The minimum absolute atomic E-state index is 0. The second-order valence-electron chi connectivity index (χ2n) is 11.9. The molecular formula is C35H34N3O2Pt-. The normalized spacial score (nSPS) is 11.6. The number of aromatic hydroxyl groups is 1. The molecule has 0 bridgehead atoms. The van der Waals surface area contributed by atoms with Gasteiger partial charge in [-0.1, -0.05) is 96.1 Å². The van der Waals surface area contributed by atoms with Crippen molar-refractivity contribution in [3.63, 3.8) is 0 Å². The molecule has 212 valence electrons. The molecule has 0 aliphatic heterocycles. The van der Waals surface area contributed by atoms with Gasteiger partial charge in [0.2, 0.25) is 5.88 Å². The Balaban J connectivity index is 0.00000387. The summed E-state index contributed by atoms with van der Waals surface area (Å²) in [5.74, 6) is 1.68. The van der Waals surface area contributed by atoms with E-state index in [1.807, 2.05) is 72.8 Å². The molecule has 0 unspecified atom stereocenters. The first-order valence-electron chi connectivity index (χ1n) is 13.4. The fourth-order valence-electron chi connectivity index (χ4n) is 4.45. The van der Waals surface area contributed by atoms with Gasteiger partial charge in [0.15, 0.2) is 5.82 Å². The zero-order chi connectivity index (χ0) is 28.5. The van der Waals surface area contributed by atoms with Crippen LogP contribution in [0.1, 0.15) is 52.7 Å². The van der Waals surface area contributed by atoms with E-state index in [-0.39, 0.29) is 37.6 Å². The Bertz CT molecular complexity index is 1640. The summed E-state index contributed by atoms with van der Waals surface area (Å²) in [6.07, 6.45) is 1.69. The Morgan fingerprint density at radius 3 is 2.10 bits per heavy atom. The molecule has 0 saturated carbocycles. The molecule has 5 aromatic rings. The van der Waals surface area contributed by atoms with Crippen LogP contribution in [-0.2, 0) is 31.9 Å². The van der Waals surface area contributed by atoms with Crippen LogP contribution in [0.4, 0.5) is 0 Å². The van der Waals surface area contributed by atoms with E-state index in [0.717, 1.165) is 27.9 Å². The van der Waals surface area contributed by atoms with Gasteiger partial charge in [-0.3, -0.25) is 4.98 Å². The summed E-state index contributed by atoms with van der Waals surface area (Å²) in [7, 11) is 0. The molecule has 0 amide bonds.